The summed E-state index contributed by atoms with van der Waals surface area (Å²) >= 11 is 0. The fourth-order valence-corrected chi connectivity index (χ4v) is 3.48. The molecule has 2 aromatic rings. The lowest BCUT2D eigenvalue weighted by atomic mass is 10.0. The van der Waals surface area contributed by atoms with Crippen LogP contribution in [0.3, 0.4) is 0 Å². The van der Waals surface area contributed by atoms with Crippen LogP contribution in [0.25, 0.3) is 0 Å². The minimum absolute atomic E-state index is 0.162. The summed E-state index contributed by atoms with van der Waals surface area (Å²) in [5.74, 6) is 0.262. The number of aromatic nitrogens is 1. The summed E-state index contributed by atoms with van der Waals surface area (Å²) in [5.41, 5.74) is 2.80. The molecule has 1 amide bonds. The molecule has 3 heterocycles. The van der Waals surface area contributed by atoms with Crippen molar-refractivity contribution in [1.29, 1.82) is 0 Å². The molecule has 2 N–H and O–H groups in total. The molecule has 2 aliphatic rings. The third kappa shape index (κ3) is 4.25. The molecule has 0 saturated carbocycles. The summed E-state index contributed by atoms with van der Waals surface area (Å²) in [5, 5.41) is 6.32. The highest BCUT2D eigenvalue weighted by atomic mass is 19.1. The molecule has 6 nitrogen and oxygen atoms in total. The average molecular weight is 385 g/mol. The van der Waals surface area contributed by atoms with Crippen molar-refractivity contribution >= 4 is 11.6 Å². The second-order valence-electron chi connectivity index (χ2n) is 7.45. The van der Waals surface area contributed by atoms with E-state index in [0.29, 0.717) is 43.7 Å². The zero-order chi connectivity index (χ0) is 19.5. The molecule has 0 bridgehead atoms. The van der Waals surface area contributed by atoms with E-state index >= 15 is 0 Å². The molecule has 2 atom stereocenters. The van der Waals surface area contributed by atoms with Gasteiger partial charge in [-0.2, -0.15) is 0 Å². The number of nitrogens with zero attached hydrogens (tertiary/aromatic N) is 1. The Bertz CT molecular complexity index is 851. The van der Waals surface area contributed by atoms with Gasteiger partial charge in [0.15, 0.2) is 0 Å². The third-order valence-electron chi connectivity index (χ3n) is 5.04. The first kappa shape index (κ1) is 18.7. The standard InChI is InChI=1S/C21H24FN3O3/c1-13-11-28-21-18(24-13)9-16(8-14-2-4-17(22)5-3-14)19(25-21)20(26)23-10-15-6-7-27-12-15/h2-5,9,13,15,24H,6-8,10-12H2,1H3,(H,23,26)/t13-,15+/m0/s1. The smallest absolute Gasteiger partial charge is 0.270 e. The second kappa shape index (κ2) is 8.14. The Morgan fingerprint density at radius 1 is 1.32 bits per heavy atom. The molecule has 148 valence electrons. The maximum atomic E-state index is 13.2. The number of hydrogen-bond acceptors (Lipinski definition) is 5. The second-order valence-corrected chi connectivity index (χ2v) is 7.45. The minimum Gasteiger partial charge on any atom is -0.474 e. The number of halogens is 1. The van der Waals surface area contributed by atoms with Crippen LogP contribution in [0.15, 0.2) is 30.3 Å². The number of carbonyl (C=O) groups excluding carboxylic acids is 1. The summed E-state index contributed by atoms with van der Waals surface area (Å²) < 4.78 is 24.3. The number of hydrogen-bond donors (Lipinski definition) is 2. The van der Waals surface area contributed by atoms with Gasteiger partial charge in [-0.3, -0.25) is 4.79 Å². The molecule has 1 saturated heterocycles. The number of amides is 1. The summed E-state index contributed by atoms with van der Waals surface area (Å²) in [6.07, 6.45) is 1.43. The maximum absolute atomic E-state index is 13.2. The number of fused-ring (bicyclic) bond motifs is 1. The fourth-order valence-electron chi connectivity index (χ4n) is 3.48. The van der Waals surface area contributed by atoms with E-state index < -0.39 is 0 Å². The van der Waals surface area contributed by atoms with Gasteiger partial charge in [0.2, 0.25) is 5.88 Å². The van der Waals surface area contributed by atoms with E-state index in [4.69, 9.17) is 9.47 Å². The van der Waals surface area contributed by atoms with Gasteiger partial charge in [-0.15, -0.1) is 0 Å². The first-order valence-corrected chi connectivity index (χ1v) is 9.62. The van der Waals surface area contributed by atoms with Gasteiger partial charge in [-0.05, 0) is 49.1 Å². The Morgan fingerprint density at radius 3 is 2.89 bits per heavy atom. The number of rotatable bonds is 5. The molecule has 1 aromatic heterocycles. The van der Waals surface area contributed by atoms with Crippen molar-refractivity contribution in [2.75, 3.05) is 31.7 Å². The van der Waals surface area contributed by atoms with Crippen LogP contribution in [0.5, 0.6) is 5.88 Å². The predicted molar refractivity (Wildman–Crippen MR) is 103 cm³/mol. The van der Waals surface area contributed by atoms with Crippen molar-refractivity contribution in [2.24, 2.45) is 5.92 Å². The maximum Gasteiger partial charge on any atom is 0.270 e. The van der Waals surface area contributed by atoms with Gasteiger partial charge in [0.1, 0.15) is 18.1 Å². The van der Waals surface area contributed by atoms with Gasteiger partial charge >= 0.3 is 0 Å². The van der Waals surface area contributed by atoms with Crippen molar-refractivity contribution in [3.63, 3.8) is 0 Å². The van der Waals surface area contributed by atoms with Crippen LogP contribution >= 0.6 is 0 Å². The van der Waals surface area contributed by atoms with Gasteiger partial charge in [-0.25, -0.2) is 9.37 Å². The highest BCUT2D eigenvalue weighted by molar-refractivity contribution is 5.94. The van der Waals surface area contributed by atoms with Crippen molar-refractivity contribution in [3.05, 3.63) is 53.0 Å². The lowest BCUT2D eigenvalue weighted by molar-refractivity contribution is 0.0937. The molecule has 0 radical (unpaired) electrons. The molecular weight excluding hydrogens is 361 g/mol. The van der Waals surface area contributed by atoms with Gasteiger partial charge in [0, 0.05) is 19.1 Å². The van der Waals surface area contributed by atoms with Crippen LogP contribution in [-0.4, -0.2) is 43.3 Å². The van der Waals surface area contributed by atoms with Crippen molar-refractivity contribution in [2.45, 2.75) is 25.8 Å². The van der Waals surface area contributed by atoms with E-state index in [0.717, 1.165) is 29.8 Å². The third-order valence-corrected chi connectivity index (χ3v) is 5.04. The minimum atomic E-state index is -0.284. The van der Waals surface area contributed by atoms with E-state index in [1.54, 1.807) is 12.1 Å². The molecule has 2 aliphatic heterocycles. The molecule has 4 rings (SSSR count). The number of ether oxygens (including phenoxy) is 2. The lowest BCUT2D eigenvalue weighted by Crippen LogP contribution is -2.33. The highest BCUT2D eigenvalue weighted by Crippen LogP contribution is 2.30. The molecular formula is C21H24FN3O3. The highest BCUT2D eigenvalue weighted by Gasteiger charge is 2.24. The Hall–Kier alpha value is -2.67. The van der Waals surface area contributed by atoms with Gasteiger partial charge in [-0.1, -0.05) is 12.1 Å². The van der Waals surface area contributed by atoms with Crippen molar-refractivity contribution in [1.82, 2.24) is 10.3 Å². The number of pyridine rings is 1. The van der Waals surface area contributed by atoms with Crippen molar-refractivity contribution in [3.8, 4) is 5.88 Å². The summed E-state index contributed by atoms with van der Waals surface area (Å²) in [4.78, 5) is 17.4. The summed E-state index contributed by atoms with van der Waals surface area (Å²) in [6.45, 7) is 4.49. The first-order valence-electron chi connectivity index (χ1n) is 9.62. The zero-order valence-corrected chi connectivity index (χ0v) is 15.8. The largest absolute Gasteiger partial charge is 0.474 e. The number of anilines is 1. The van der Waals surface area contributed by atoms with Crippen LogP contribution in [0.1, 0.15) is 35.0 Å². The van der Waals surface area contributed by atoms with Crippen molar-refractivity contribution < 1.29 is 18.7 Å². The molecule has 1 aromatic carbocycles. The normalized spacial score (nSPS) is 20.8. The molecule has 28 heavy (non-hydrogen) atoms. The van der Waals surface area contributed by atoms with E-state index in [9.17, 15) is 9.18 Å². The summed E-state index contributed by atoms with van der Waals surface area (Å²) in [7, 11) is 0. The topological polar surface area (TPSA) is 72.5 Å². The Labute approximate surface area is 163 Å². The van der Waals surface area contributed by atoms with Crippen LogP contribution in [-0.2, 0) is 11.2 Å². The van der Waals surface area contributed by atoms with Gasteiger partial charge in [0.25, 0.3) is 5.91 Å². The molecule has 1 fully saturated rings. The SMILES string of the molecule is C[C@H]1COc2nc(C(=O)NC[C@H]3CCOC3)c(Cc3ccc(F)cc3)cc2N1. The van der Waals surface area contributed by atoms with Gasteiger partial charge < -0.3 is 20.1 Å². The van der Waals surface area contributed by atoms with Crippen LogP contribution < -0.4 is 15.4 Å². The monoisotopic (exact) mass is 385 g/mol. The van der Waals surface area contributed by atoms with E-state index in [1.807, 2.05) is 13.0 Å². The van der Waals surface area contributed by atoms with Gasteiger partial charge in [0.05, 0.1) is 18.3 Å². The Balaban J connectivity index is 1.60. The summed E-state index contributed by atoms with van der Waals surface area (Å²) in [6, 6.07) is 8.36. The van der Waals surface area contributed by atoms with E-state index in [2.05, 4.69) is 15.6 Å². The molecule has 7 heteroatoms. The predicted octanol–water partition coefficient (Wildman–Crippen LogP) is 2.77. The Kier molecular flexibility index (Phi) is 5.43. The molecule has 0 unspecified atom stereocenters. The molecule has 0 spiro atoms. The lowest BCUT2D eigenvalue weighted by Gasteiger charge is -2.25. The Morgan fingerprint density at radius 2 is 2.14 bits per heavy atom. The number of benzene rings is 1. The quantitative estimate of drug-likeness (QED) is 0.828. The number of carbonyl (C=O) groups is 1. The van der Waals surface area contributed by atoms with Crippen LogP contribution in [0.2, 0.25) is 0 Å². The van der Waals surface area contributed by atoms with Crippen LogP contribution in [0.4, 0.5) is 10.1 Å². The van der Waals surface area contributed by atoms with E-state index in [-0.39, 0.29) is 17.8 Å². The average Bonchev–Trinajstić information content (AvgIpc) is 3.21. The van der Waals surface area contributed by atoms with Crippen LogP contribution in [0, 0.1) is 11.7 Å². The fraction of sp³-hybridized carbons (Fsp3) is 0.429. The number of nitrogens with one attached hydrogen (secondary N) is 2. The first-order chi connectivity index (χ1) is 13.6. The van der Waals surface area contributed by atoms with E-state index in [1.165, 1.54) is 12.1 Å². The zero-order valence-electron chi connectivity index (χ0n) is 15.8. The molecule has 0 aliphatic carbocycles.